The van der Waals surface area contributed by atoms with E-state index in [1.165, 1.54) is 19.0 Å². The highest BCUT2D eigenvalue weighted by Gasteiger charge is 1.85. The van der Waals surface area contributed by atoms with E-state index < -0.39 is 0 Å². The van der Waals surface area contributed by atoms with E-state index in [1.54, 1.807) is 0 Å². The molecule has 0 saturated carbocycles. The first kappa shape index (κ1) is 8.23. The summed E-state index contributed by atoms with van der Waals surface area (Å²) >= 11 is 0. The predicted octanol–water partition coefficient (Wildman–Crippen LogP) is -0.325. The Balaban J connectivity index is 3.09. The first-order chi connectivity index (χ1) is 4.27. The predicted molar refractivity (Wildman–Crippen MR) is 33.7 cm³/mol. The van der Waals surface area contributed by atoms with Gasteiger partial charge in [-0.05, 0) is 0 Å². The lowest BCUT2D eigenvalue weighted by molar-refractivity contribution is -0.139. The molecule has 0 saturated heterocycles. The summed E-state index contributed by atoms with van der Waals surface area (Å²) < 4.78 is 4.49. The molecule has 0 aliphatic rings. The van der Waals surface area contributed by atoms with Gasteiger partial charge in [-0.15, -0.1) is 0 Å². The Labute approximate surface area is 54.6 Å². The van der Waals surface area contributed by atoms with Gasteiger partial charge >= 0.3 is 13.5 Å². The van der Waals surface area contributed by atoms with Crippen molar-refractivity contribution in [1.29, 1.82) is 0 Å². The maximum Gasteiger partial charge on any atom is 0.318 e. The van der Waals surface area contributed by atoms with Crippen molar-refractivity contribution in [1.82, 2.24) is 0 Å². The van der Waals surface area contributed by atoms with Crippen molar-refractivity contribution >= 4 is 13.5 Å². The summed E-state index contributed by atoms with van der Waals surface area (Å²) in [6.07, 6.45) is 1.53. The Morgan fingerprint density at radius 1 is 1.89 bits per heavy atom. The summed E-state index contributed by atoms with van der Waals surface area (Å²) in [5, 5.41) is 8.08. The summed E-state index contributed by atoms with van der Waals surface area (Å²) in [4.78, 5) is 10.1. The van der Waals surface area contributed by atoms with Crippen LogP contribution in [0.5, 0.6) is 0 Å². The molecular weight excluding hydrogens is 119 g/mol. The molecule has 0 fully saturated rings. The normalized spacial score (nSPS) is 9.56. The highest BCUT2D eigenvalue weighted by atomic mass is 16.5. The highest BCUT2D eigenvalue weighted by Crippen LogP contribution is 1.76. The lowest BCUT2D eigenvalue weighted by Crippen LogP contribution is -1.97. The maximum atomic E-state index is 10.1. The second-order valence-corrected chi connectivity index (χ2v) is 1.38. The van der Waals surface area contributed by atoms with Gasteiger partial charge in [0.2, 0.25) is 0 Å². The van der Waals surface area contributed by atoms with Crippen LogP contribution in [0.2, 0.25) is 0 Å². The second kappa shape index (κ2) is 5.37. The maximum absolute atomic E-state index is 10.1. The fourth-order valence-electron chi connectivity index (χ4n) is 0.282. The van der Waals surface area contributed by atoms with Crippen molar-refractivity contribution in [3.63, 3.8) is 0 Å². The molecule has 0 aliphatic carbocycles. The summed E-state index contributed by atoms with van der Waals surface area (Å²) in [5.74, 6) is 1.07. The standard InChI is InChI=1S/C5H8BO3/c1-5(7)9-4-2-3-6-8/h2-3,8H,4H2,1H3/b3-2+. The SMILES string of the molecule is CC(=O)OC/C=C/[B]O. The monoisotopic (exact) mass is 127 g/mol. The smallest absolute Gasteiger partial charge is 0.318 e. The van der Waals surface area contributed by atoms with Crippen LogP contribution in [0.3, 0.4) is 0 Å². The summed E-state index contributed by atoms with van der Waals surface area (Å²) in [5.41, 5.74) is 0. The van der Waals surface area contributed by atoms with Crippen LogP contribution >= 0.6 is 0 Å². The van der Waals surface area contributed by atoms with Crippen LogP contribution in [-0.4, -0.2) is 25.1 Å². The topological polar surface area (TPSA) is 46.5 Å². The molecule has 0 unspecified atom stereocenters. The molecule has 0 aromatic rings. The van der Waals surface area contributed by atoms with Crippen LogP contribution in [0.4, 0.5) is 0 Å². The minimum Gasteiger partial charge on any atom is -0.462 e. The molecule has 3 nitrogen and oxygen atoms in total. The molecule has 49 valence electrons. The van der Waals surface area contributed by atoms with Gasteiger partial charge in [0.15, 0.2) is 0 Å². The molecule has 4 heteroatoms. The molecule has 0 bridgehead atoms. The molecule has 0 heterocycles. The van der Waals surface area contributed by atoms with Crippen molar-refractivity contribution in [3.8, 4) is 0 Å². The number of carbonyl (C=O) groups is 1. The number of carbonyl (C=O) groups excluding carboxylic acids is 1. The number of ether oxygens (including phenoxy) is 1. The molecular formula is C5H8BO3. The van der Waals surface area contributed by atoms with E-state index in [9.17, 15) is 4.79 Å². The van der Waals surface area contributed by atoms with Gasteiger partial charge in [0, 0.05) is 6.92 Å². The summed E-state index contributed by atoms with van der Waals surface area (Å²) in [6.45, 7) is 1.54. The fourth-order valence-corrected chi connectivity index (χ4v) is 0.282. The van der Waals surface area contributed by atoms with Gasteiger partial charge in [-0.25, -0.2) is 0 Å². The third-order valence-electron chi connectivity index (χ3n) is 0.605. The molecule has 0 amide bonds. The van der Waals surface area contributed by atoms with Crippen LogP contribution in [0.15, 0.2) is 12.1 Å². The van der Waals surface area contributed by atoms with E-state index in [0.717, 1.165) is 7.48 Å². The molecule has 0 rings (SSSR count). The third-order valence-corrected chi connectivity index (χ3v) is 0.605. The molecule has 1 radical (unpaired) electrons. The molecule has 0 aliphatic heterocycles. The van der Waals surface area contributed by atoms with Crippen LogP contribution in [0, 0.1) is 0 Å². The number of rotatable bonds is 3. The first-order valence-corrected chi connectivity index (χ1v) is 2.53. The second-order valence-electron chi connectivity index (χ2n) is 1.38. The molecule has 0 aromatic heterocycles. The van der Waals surface area contributed by atoms with Gasteiger partial charge in [0.1, 0.15) is 6.61 Å². The average Bonchev–Trinajstić information content (AvgIpc) is 1.80. The number of esters is 1. The largest absolute Gasteiger partial charge is 0.462 e. The van der Waals surface area contributed by atoms with Crippen molar-refractivity contribution in [2.75, 3.05) is 6.61 Å². The van der Waals surface area contributed by atoms with Crippen LogP contribution in [-0.2, 0) is 9.53 Å². The van der Waals surface area contributed by atoms with Crippen molar-refractivity contribution in [2.24, 2.45) is 0 Å². The van der Waals surface area contributed by atoms with E-state index >= 15 is 0 Å². The average molecular weight is 127 g/mol. The molecule has 0 spiro atoms. The molecule has 9 heavy (non-hydrogen) atoms. The Morgan fingerprint density at radius 2 is 2.56 bits per heavy atom. The Morgan fingerprint density at radius 3 is 3.00 bits per heavy atom. The van der Waals surface area contributed by atoms with E-state index in [2.05, 4.69) is 4.74 Å². The lowest BCUT2D eigenvalue weighted by atomic mass is 10.0. The van der Waals surface area contributed by atoms with Crippen molar-refractivity contribution < 1.29 is 14.6 Å². The fraction of sp³-hybridized carbons (Fsp3) is 0.400. The van der Waals surface area contributed by atoms with Crippen LogP contribution < -0.4 is 0 Å². The Kier molecular flexibility index (Phi) is 4.92. The number of hydrogen-bond donors (Lipinski definition) is 1. The van der Waals surface area contributed by atoms with Gasteiger partial charge in [0.25, 0.3) is 0 Å². The molecule has 0 aromatic carbocycles. The van der Waals surface area contributed by atoms with Gasteiger partial charge in [-0.1, -0.05) is 12.1 Å². The van der Waals surface area contributed by atoms with Gasteiger partial charge in [-0.3, -0.25) is 4.79 Å². The lowest BCUT2D eigenvalue weighted by Gasteiger charge is -1.92. The zero-order valence-corrected chi connectivity index (χ0v) is 5.20. The molecule has 0 atom stereocenters. The minimum absolute atomic E-state index is 0.215. The number of hydrogen-bond acceptors (Lipinski definition) is 3. The summed E-state index contributed by atoms with van der Waals surface area (Å²) in [6, 6.07) is 0. The molecule has 1 N–H and O–H groups in total. The van der Waals surface area contributed by atoms with Crippen LogP contribution in [0.25, 0.3) is 0 Å². The third kappa shape index (κ3) is 7.23. The van der Waals surface area contributed by atoms with E-state index in [4.69, 9.17) is 5.02 Å². The van der Waals surface area contributed by atoms with E-state index in [1.807, 2.05) is 0 Å². The van der Waals surface area contributed by atoms with Gasteiger partial charge in [-0.2, -0.15) is 0 Å². The van der Waals surface area contributed by atoms with Crippen molar-refractivity contribution in [2.45, 2.75) is 6.92 Å². The highest BCUT2D eigenvalue weighted by molar-refractivity contribution is 6.32. The Hall–Kier alpha value is -0.765. The van der Waals surface area contributed by atoms with E-state index in [-0.39, 0.29) is 12.6 Å². The van der Waals surface area contributed by atoms with Crippen LogP contribution in [0.1, 0.15) is 6.92 Å². The summed E-state index contributed by atoms with van der Waals surface area (Å²) in [7, 11) is 0.878. The zero-order valence-electron chi connectivity index (χ0n) is 5.20. The zero-order chi connectivity index (χ0) is 7.11. The Bertz CT molecular complexity index is 111. The minimum atomic E-state index is -0.322. The van der Waals surface area contributed by atoms with E-state index in [0.29, 0.717) is 0 Å². The quantitative estimate of drug-likeness (QED) is 0.417. The van der Waals surface area contributed by atoms with Crippen molar-refractivity contribution in [3.05, 3.63) is 12.1 Å². The first-order valence-electron chi connectivity index (χ1n) is 2.53. The van der Waals surface area contributed by atoms with Gasteiger partial charge in [0.05, 0.1) is 0 Å². The van der Waals surface area contributed by atoms with Gasteiger partial charge < -0.3 is 9.76 Å².